The first-order valence-corrected chi connectivity index (χ1v) is 7.07. The fourth-order valence-electron chi connectivity index (χ4n) is 3.00. The van der Waals surface area contributed by atoms with Gasteiger partial charge in [0.25, 0.3) is 0 Å². The van der Waals surface area contributed by atoms with Crippen molar-refractivity contribution in [1.29, 1.82) is 5.26 Å². The van der Waals surface area contributed by atoms with Crippen molar-refractivity contribution in [2.24, 2.45) is 0 Å². The molecular weight excluding hydrogens is 218 g/mol. The van der Waals surface area contributed by atoms with Gasteiger partial charge in [-0.1, -0.05) is 52.2 Å². The topological polar surface area (TPSA) is 23.8 Å². The van der Waals surface area contributed by atoms with Crippen LogP contribution < -0.4 is 0 Å². The Kier molecular flexibility index (Phi) is 3.76. The van der Waals surface area contributed by atoms with E-state index >= 15 is 0 Å². The Bertz CT molecular complexity index is 453. The van der Waals surface area contributed by atoms with Gasteiger partial charge in [0, 0.05) is 0 Å². The van der Waals surface area contributed by atoms with Crippen LogP contribution >= 0.6 is 0 Å². The summed E-state index contributed by atoms with van der Waals surface area (Å²) in [4.78, 5) is 0. The molecule has 0 aliphatic heterocycles. The second-order valence-corrected chi connectivity index (χ2v) is 6.50. The fourth-order valence-corrected chi connectivity index (χ4v) is 3.00. The lowest BCUT2D eigenvalue weighted by Gasteiger charge is -2.25. The van der Waals surface area contributed by atoms with Gasteiger partial charge in [0.15, 0.2) is 0 Å². The molecule has 1 fully saturated rings. The fraction of sp³-hybridized carbons (Fsp3) is 0.588. The molecule has 0 saturated heterocycles. The predicted molar refractivity (Wildman–Crippen MR) is 75.7 cm³/mol. The predicted octanol–water partition coefficient (Wildman–Crippen LogP) is 4.90. The Morgan fingerprint density at radius 3 is 2.33 bits per heavy atom. The van der Waals surface area contributed by atoms with E-state index in [2.05, 4.69) is 45.0 Å². The summed E-state index contributed by atoms with van der Waals surface area (Å²) in [6, 6.07) is 8.93. The molecule has 0 unspecified atom stereocenters. The van der Waals surface area contributed by atoms with Crippen LogP contribution in [0.2, 0.25) is 0 Å². The van der Waals surface area contributed by atoms with Crippen LogP contribution in [0, 0.1) is 11.3 Å². The summed E-state index contributed by atoms with van der Waals surface area (Å²) in [5.74, 6) is 0.680. The van der Waals surface area contributed by atoms with Crippen molar-refractivity contribution in [3.63, 3.8) is 0 Å². The monoisotopic (exact) mass is 241 g/mol. The van der Waals surface area contributed by atoms with Gasteiger partial charge in [0.2, 0.25) is 0 Å². The van der Waals surface area contributed by atoms with Crippen molar-refractivity contribution in [3.8, 4) is 6.07 Å². The summed E-state index contributed by atoms with van der Waals surface area (Å²) in [7, 11) is 0. The lowest BCUT2D eigenvalue weighted by Crippen LogP contribution is -2.14. The molecule has 1 aromatic carbocycles. The highest BCUT2D eigenvalue weighted by atomic mass is 14.3. The van der Waals surface area contributed by atoms with Crippen molar-refractivity contribution in [3.05, 3.63) is 34.9 Å². The summed E-state index contributed by atoms with van der Waals surface area (Å²) in [5, 5.41) is 9.35. The van der Waals surface area contributed by atoms with Gasteiger partial charge in [-0.25, -0.2) is 0 Å². The molecule has 0 N–H and O–H groups in total. The molecular formula is C17H23N. The number of rotatable bonds is 1. The smallest absolute Gasteiger partial charge is 0.0994 e. The number of hydrogen-bond donors (Lipinski definition) is 0. The van der Waals surface area contributed by atoms with E-state index in [1.54, 1.807) is 0 Å². The van der Waals surface area contributed by atoms with E-state index < -0.39 is 0 Å². The minimum absolute atomic E-state index is 0.0517. The van der Waals surface area contributed by atoms with Crippen LogP contribution in [-0.4, -0.2) is 0 Å². The third-order valence-corrected chi connectivity index (χ3v) is 4.05. The Hall–Kier alpha value is -1.29. The lowest BCUT2D eigenvalue weighted by atomic mass is 9.79. The van der Waals surface area contributed by atoms with Crippen LogP contribution in [0.1, 0.15) is 75.5 Å². The minimum atomic E-state index is 0.0517. The quantitative estimate of drug-likeness (QED) is 0.685. The van der Waals surface area contributed by atoms with Crippen LogP contribution in [0.5, 0.6) is 0 Å². The first-order valence-electron chi connectivity index (χ1n) is 7.07. The molecule has 96 valence electrons. The molecule has 1 aliphatic carbocycles. The Balaban J connectivity index is 2.33. The molecule has 1 aliphatic rings. The molecule has 1 nitrogen and oxygen atoms in total. The molecule has 0 atom stereocenters. The maximum Gasteiger partial charge on any atom is 0.0994 e. The van der Waals surface area contributed by atoms with Crippen LogP contribution in [-0.2, 0) is 5.41 Å². The summed E-state index contributed by atoms with van der Waals surface area (Å²) < 4.78 is 0. The molecule has 1 heteroatoms. The third kappa shape index (κ3) is 2.75. The first-order chi connectivity index (χ1) is 8.52. The van der Waals surface area contributed by atoms with Crippen molar-refractivity contribution < 1.29 is 0 Å². The molecule has 0 radical (unpaired) electrons. The van der Waals surface area contributed by atoms with Gasteiger partial charge in [0.1, 0.15) is 0 Å². The van der Waals surface area contributed by atoms with Gasteiger partial charge in [0.05, 0.1) is 11.6 Å². The van der Waals surface area contributed by atoms with Gasteiger partial charge in [-0.3, -0.25) is 0 Å². The highest BCUT2D eigenvalue weighted by Gasteiger charge is 2.21. The van der Waals surface area contributed by atoms with Crippen molar-refractivity contribution >= 4 is 0 Å². The van der Waals surface area contributed by atoms with Gasteiger partial charge in [-0.2, -0.15) is 5.26 Å². The van der Waals surface area contributed by atoms with Gasteiger partial charge in [-0.15, -0.1) is 0 Å². The molecule has 0 amide bonds. The Morgan fingerprint density at radius 2 is 1.78 bits per heavy atom. The Morgan fingerprint density at radius 1 is 1.11 bits per heavy atom. The summed E-state index contributed by atoms with van der Waals surface area (Å²) in [6.07, 6.45) is 6.64. The van der Waals surface area contributed by atoms with Crippen molar-refractivity contribution in [1.82, 2.24) is 0 Å². The average molecular weight is 241 g/mol. The van der Waals surface area contributed by atoms with E-state index in [0.717, 1.165) is 5.56 Å². The number of benzene rings is 1. The molecule has 0 aromatic heterocycles. The van der Waals surface area contributed by atoms with Crippen LogP contribution in [0.3, 0.4) is 0 Å². The molecule has 0 heterocycles. The largest absolute Gasteiger partial charge is 0.192 e. The van der Waals surface area contributed by atoms with E-state index in [-0.39, 0.29) is 5.41 Å². The zero-order chi connectivity index (χ0) is 13.2. The first kappa shape index (κ1) is 13.1. The van der Waals surface area contributed by atoms with Crippen LogP contribution in [0.4, 0.5) is 0 Å². The number of nitriles is 1. The molecule has 2 rings (SSSR count). The van der Waals surface area contributed by atoms with E-state index in [9.17, 15) is 5.26 Å². The van der Waals surface area contributed by atoms with E-state index in [1.807, 2.05) is 0 Å². The second-order valence-electron chi connectivity index (χ2n) is 6.50. The SMILES string of the molecule is CC(C)(C)c1ccc(C2CCCCC2)cc1C#N. The average Bonchev–Trinajstić information content (AvgIpc) is 2.38. The Labute approximate surface area is 111 Å². The number of hydrogen-bond acceptors (Lipinski definition) is 1. The molecule has 1 aromatic rings. The third-order valence-electron chi connectivity index (χ3n) is 4.05. The van der Waals surface area contributed by atoms with Gasteiger partial charge >= 0.3 is 0 Å². The normalized spacial score (nSPS) is 17.4. The summed E-state index contributed by atoms with van der Waals surface area (Å²) in [5.41, 5.74) is 3.46. The van der Waals surface area contributed by atoms with Crippen molar-refractivity contribution in [2.75, 3.05) is 0 Å². The highest BCUT2D eigenvalue weighted by molar-refractivity contribution is 5.45. The summed E-state index contributed by atoms with van der Waals surface area (Å²) in [6.45, 7) is 6.51. The van der Waals surface area contributed by atoms with E-state index in [4.69, 9.17) is 0 Å². The van der Waals surface area contributed by atoms with Crippen molar-refractivity contribution in [2.45, 2.75) is 64.2 Å². The standard InChI is InChI=1S/C17H23N/c1-17(2,3)16-10-9-14(11-15(16)12-18)13-7-5-4-6-8-13/h9-11,13H,4-8H2,1-3H3. The van der Waals surface area contributed by atoms with Gasteiger partial charge < -0.3 is 0 Å². The van der Waals surface area contributed by atoms with E-state index in [0.29, 0.717) is 5.92 Å². The zero-order valence-electron chi connectivity index (χ0n) is 11.8. The second kappa shape index (κ2) is 5.14. The van der Waals surface area contributed by atoms with E-state index in [1.165, 1.54) is 43.2 Å². The summed E-state index contributed by atoms with van der Waals surface area (Å²) >= 11 is 0. The highest BCUT2D eigenvalue weighted by Crippen LogP contribution is 2.35. The molecule has 1 saturated carbocycles. The minimum Gasteiger partial charge on any atom is -0.192 e. The molecule has 0 bridgehead atoms. The number of nitrogens with zero attached hydrogens (tertiary/aromatic N) is 1. The van der Waals surface area contributed by atoms with Gasteiger partial charge in [-0.05, 0) is 41.4 Å². The molecule has 0 spiro atoms. The zero-order valence-corrected chi connectivity index (χ0v) is 11.8. The van der Waals surface area contributed by atoms with Crippen LogP contribution in [0.15, 0.2) is 18.2 Å². The lowest BCUT2D eigenvalue weighted by molar-refractivity contribution is 0.443. The maximum absolute atomic E-state index is 9.35. The maximum atomic E-state index is 9.35. The van der Waals surface area contributed by atoms with Crippen LogP contribution in [0.25, 0.3) is 0 Å². The molecule has 18 heavy (non-hydrogen) atoms.